The number of benzene rings is 2. The number of ether oxygens (including phenoxy) is 4. The molecule has 0 spiro atoms. The van der Waals surface area contributed by atoms with Gasteiger partial charge in [0.2, 0.25) is 5.78 Å². The van der Waals surface area contributed by atoms with Gasteiger partial charge in [0.1, 0.15) is 18.2 Å². The van der Waals surface area contributed by atoms with Crippen molar-refractivity contribution >= 4 is 17.8 Å². The van der Waals surface area contributed by atoms with Crippen LogP contribution in [-0.2, 0) is 16.0 Å². The van der Waals surface area contributed by atoms with Gasteiger partial charge >= 0.3 is 5.97 Å². The van der Waals surface area contributed by atoms with Gasteiger partial charge in [-0.25, -0.2) is 4.79 Å². The number of Topliss-reactive ketones (excluding diaryl/α,β-unsaturated/α-hetero) is 1. The number of allylic oxidation sites excluding steroid dienone is 1. The maximum atomic E-state index is 13.0. The Morgan fingerprint density at radius 1 is 1.23 bits per heavy atom. The quantitative estimate of drug-likeness (QED) is 0.555. The van der Waals surface area contributed by atoms with Gasteiger partial charge in [-0.05, 0) is 42.3 Å². The smallest absolute Gasteiger partial charge is 0.337 e. The molecular formula is C23H23NO6. The summed E-state index contributed by atoms with van der Waals surface area (Å²) in [6.07, 6.45) is 1.68. The van der Waals surface area contributed by atoms with Crippen molar-refractivity contribution in [3.63, 3.8) is 0 Å². The highest BCUT2D eigenvalue weighted by atomic mass is 16.5. The maximum Gasteiger partial charge on any atom is 0.337 e. The van der Waals surface area contributed by atoms with Crippen LogP contribution in [0.2, 0.25) is 0 Å². The largest absolute Gasteiger partial charge is 0.478 e. The molecule has 0 saturated heterocycles. The molecule has 0 amide bonds. The lowest BCUT2D eigenvalue weighted by atomic mass is 9.98. The van der Waals surface area contributed by atoms with Crippen molar-refractivity contribution in [2.24, 2.45) is 0 Å². The number of esters is 1. The zero-order valence-electron chi connectivity index (χ0n) is 17.2. The van der Waals surface area contributed by atoms with Crippen LogP contribution in [0.3, 0.4) is 0 Å². The third-order valence-electron chi connectivity index (χ3n) is 5.23. The molecule has 156 valence electrons. The van der Waals surface area contributed by atoms with Crippen molar-refractivity contribution in [3.05, 3.63) is 63.9 Å². The summed E-state index contributed by atoms with van der Waals surface area (Å²) in [6.45, 7) is 4.30. The number of carbonyl (C=O) groups excluding carboxylic acids is 2. The lowest BCUT2D eigenvalue weighted by molar-refractivity contribution is 0.0600. The summed E-state index contributed by atoms with van der Waals surface area (Å²) in [5.41, 5.74) is 3.46. The molecule has 0 atom stereocenters. The predicted molar refractivity (Wildman–Crippen MR) is 110 cm³/mol. The summed E-state index contributed by atoms with van der Waals surface area (Å²) in [6, 6.07) is 8.70. The molecule has 0 unspecified atom stereocenters. The summed E-state index contributed by atoms with van der Waals surface area (Å²) >= 11 is 0. The maximum absolute atomic E-state index is 13.0. The summed E-state index contributed by atoms with van der Waals surface area (Å²) < 4.78 is 21.8. The summed E-state index contributed by atoms with van der Waals surface area (Å²) in [5, 5.41) is 0. The standard InChI is InChI=1S/C23H23NO6/c1-14-10-18-17(12-24(13-29-18)8-9-27-2)22-20(14)21(25)19(30-22)11-15-4-6-16(7-5-15)23(26)28-3/h4-7,10-11H,8-9,12-13H2,1-3H3/b19-11-. The van der Waals surface area contributed by atoms with Crippen molar-refractivity contribution in [1.29, 1.82) is 0 Å². The Labute approximate surface area is 174 Å². The second-order valence-electron chi connectivity index (χ2n) is 7.25. The van der Waals surface area contributed by atoms with Crippen LogP contribution >= 0.6 is 0 Å². The SMILES string of the molecule is COCCN1COc2cc(C)c3c(c2C1)O/C(=C\c1ccc(C(=O)OC)cc1)C3=O. The fourth-order valence-electron chi connectivity index (χ4n) is 3.62. The molecule has 0 N–H and O–H groups in total. The van der Waals surface area contributed by atoms with E-state index in [2.05, 4.69) is 4.90 Å². The molecule has 2 heterocycles. The van der Waals surface area contributed by atoms with Gasteiger partial charge in [-0.3, -0.25) is 9.69 Å². The van der Waals surface area contributed by atoms with Gasteiger partial charge in [0.05, 0.1) is 30.4 Å². The van der Waals surface area contributed by atoms with Crippen molar-refractivity contribution in [2.75, 3.05) is 34.1 Å². The van der Waals surface area contributed by atoms with E-state index < -0.39 is 5.97 Å². The molecule has 0 bridgehead atoms. The van der Waals surface area contributed by atoms with E-state index in [0.717, 1.165) is 29.0 Å². The Bertz CT molecular complexity index is 1020. The van der Waals surface area contributed by atoms with Gasteiger partial charge < -0.3 is 18.9 Å². The molecule has 7 nitrogen and oxygen atoms in total. The summed E-state index contributed by atoms with van der Waals surface area (Å²) in [5.74, 6) is 0.999. The van der Waals surface area contributed by atoms with Gasteiger partial charge in [0.25, 0.3) is 0 Å². The first kappa shape index (κ1) is 20.1. The second kappa shape index (κ2) is 8.30. The number of methoxy groups -OCH3 is 2. The Balaban J connectivity index is 1.63. The molecule has 7 heteroatoms. The van der Waals surface area contributed by atoms with Crippen LogP contribution in [0, 0.1) is 6.92 Å². The first-order valence-electron chi connectivity index (χ1n) is 9.65. The molecule has 0 fully saturated rings. The normalized spacial score (nSPS) is 16.6. The van der Waals surface area contributed by atoms with Crippen LogP contribution in [0.15, 0.2) is 36.1 Å². The molecule has 30 heavy (non-hydrogen) atoms. The number of hydrogen-bond donors (Lipinski definition) is 0. The topological polar surface area (TPSA) is 74.3 Å². The molecule has 2 aliphatic rings. The van der Waals surface area contributed by atoms with E-state index in [4.69, 9.17) is 18.9 Å². The molecular weight excluding hydrogens is 386 g/mol. The molecule has 0 saturated carbocycles. The Morgan fingerprint density at radius 3 is 2.70 bits per heavy atom. The average Bonchev–Trinajstić information content (AvgIpc) is 3.09. The van der Waals surface area contributed by atoms with Gasteiger partial charge in [0, 0.05) is 20.2 Å². The Morgan fingerprint density at radius 2 is 2.00 bits per heavy atom. The number of carbonyl (C=O) groups is 2. The van der Waals surface area contributed by atoms with Crippen LogP contribution in [0.1, 0.15) is 37.4 Å². The fraction of sp³-hybridized carbons (Fsp3) is 0.304. The van der Waals surface area contributed by atoms with E-state index in [1.54, 1.807) is 37.5 Å². The minimum absolute atomic E-state index is 0.156. The monoisotopic (exact) mass is 409 g/mol. The summed E-state index contributed by atoms with van der Waals surface area (Å²) in [7, 11) is 3.00. The highest BCUT2D eigenvalue weighted by molar-refractivity contribution is 6.16. The van der Waals surface area contributed by atoms with E-state index in [0.29, 0.717) is 36.8 Å². The highest BCUT2D eigenvalue weighted by Crippen LogP contribution is 2.43. The molecule has 2 aromatic carbocycles. The van der Waals surface area contributed by atoms with Crippen LogP contribution in [0.25, 0.3) is 6.08 Å². The first-order chi connectivity index (χ1) is 14.5. The van der Waals surface area contributed by atoms with Crippen molar-refractivity contribution < 1.29 is 28.5 Å². The van der Waals surface area contributed by atoms with E-state index in [9.17, 15) is 9.59 Å². The zero-order chi connectivity index (χ0) is 21.3. The molecule has 4 rings (SSSR count). The number of nitrogens with zero attached hydrogens (tertiary/aromatic N) is 1. The summed E-state index contributed by atoms with van der Waals surface area (Å²) in [4.78, 5) is 26.7. The van der Waals surface area contributed by atoms with E-state index >= 15 is 0 Å². The number of rotatable bonds is 5. The van der Waals surface area contributed by atoms with Crippen molar-refractivity contribution in [1.82, 2.24) is 4.90 Å². The molecule has 0 aromatic heterocycles. The highest BCUT2D eigenvalue weighted by Gasteiger charge is 2.35. The van der Waals surface area contributed by atoms with Gasteiger partial charge in [-0.15, -0.1) is 0 Å². The van der Waals surface area contributed by atoms with Crippen LogP contribution in [0.5, 0.6) is 11.5 Å². The Kier molecular flexibility index (Phi) is 5.57. The van der Waals surface area contributed by atoms with Crippen molar-refractivity contribution in [2.45, 2.75) is 13.5 Å². The Hall–Kier alpha value is -3.16. The zero-order valence-corrected chi connectivity index (χ0v) is 17.2. The molecule has 0 aliphatic carbocycles. The molecule has 2 aromatic rings. The van der Waals surface area contributed by atoms with Crippen molar-refractivity contribution in [3.8, 4) is 11.5 Å². The second-order valence-corrected chi connectivity index (χ2v) is 7.25. The molecule has 2 aliphatic heterocycles. The van der Waals surface area contributed by atoms with Crippen LogP contribution < -0.4 is 9.47 Å². The number of aryl methyl sites for hydroxylation is 1. The lowest BCUT2D eigenvalue weighted by Crippen LogP contribution is -2.34. The number of ketones is 1. The van der Waals surface area contributed by atoms with Gasteiger partial charge in [-0.1, -0.05) is 12.1 Å². The minimum Gasteiger partial charge on any atom is -0.478 e. The van der Waals surface area contributed by atoms with Crippen LogP contribution in [0.4, 0.5) is 0 Å². The first-order valence-corrected chi connectivity index (χ1v) is 9.65. The third-order valence-corrected chi connectivity index (χ3v) is 5.23. The number of hydrogen-bond acceptors (Lipinski definition) is 7. The molecule has 0 radical (unpaired) electrons. The lowest BCUT2D eigenvalue weighted by Gasteiger charge is -2.29. The van der Waals surface area contributed by atoms with Gasteiger partial charge in [-0.2, -0.15) is 0 Å². The average molecular weight is 409 g/mol. The minimum atomic E-state index is -0.407. The van der Waals surface area contributed by atoms with E-state index in [-0.39, 0.29) is 11.5 Å². The fourth-order valence-corrected chi connectivity index (χ4v) is 3.62. The van der Waals surface area contributed by atoms with E-state index in [1.165, 1.54) is 7.11 Å². The number of fused-ring (bicyclic) bond motifs is 3. The predicted octanol–water partition coefficient (Wildman–Crippen LogP) is 3.20. The van der Waals surface area contributed by atoms with Crippen LogP contribution in [-0.4, -0.2) is 50.8 Å². The van der Waals surface area contributed by atoms with E-state index in [1.807, 2.05) is 13.0 Å². The van der Waals surface area contributed by atoms with Gasteiger partial charge in [0.15, 0.2) is 5.76 Å². The third kappa shape index (κ3) is 3.69.